The van der Waals surface area contributed by atoms with Crippen LogP contribution >= 0.6 is 22.6 Å². The van der Waals surface area contributed by atoms with E-state index < -0.39 is 5.91 Å². The average Bonchev–Trinajstić information content (AvgIpc) is 2.41. The summed E-state index contributed by atoms with van der Waals surface area (Å²) in [5, 5.41) is 0. The summed E-state index contributed by atoms with van der Waals surface area (Å²) in [4.78, 5) is 11.3. The van der Waals surface area contributed by atoms with Crippen molar-refractivity contribution in [2.24, 2.45) is 5.73 Å². The molecule has 20 heavy (non-hydrogen) atoms. The molecule has 104 valence electrons. The molecule has 0 saturated heterocycles. The molecule has 0 bridgehead atoms. The predicted molar refractivity (Wildman–Crippen MR) is 85.2 cm³/mol. The van der Waals surface area contributed by atoms with Crippen molar-refractivity contribution in [3.05, 3.63) is 45.5 Å². The molecule has 5 nitrogen and oxygen atoms in total. The van der Waals surface area contributed by atoms with Crippen molar-refractivity contribution in [2.45, 2.75) is 0 Å². The predicted octanol–water partition coefficient (Wildman–Crippen LogP) is 2.77. The van der Waals surface area contributed by atoms with E-state index in [1.807, 2.05) is 6.07 Å². The number of nitrogens with two attached hydrogens (primary N) is 2. The van der Waals surface area contributed by atoms with Crippen LogP contribution in [0.25, 0.3) is 0 Å². The van der Waals surface area contributed by atoms with E-state index in [9.17, 15) is 4.79 Å². The average molecular weight is 384 g/mol. The van der Waals surface area contributed by atoms with E-state index in [1.165, 1.54) is 7.11 Å². The normalized spacial score (nSPS) is 10.1. The number of hydrogen-bond acceptors (Lipinski definition) is 4. The maximum atomic E-state index is 11.3. The van der Waals surface area contributed by atoms with Crippen molar-refractivity contribution in [1.82, 2.24) is 0 Å². The number of hydrogen-bond donors (Lipinski definition) is 2. The molecule has 4 N–H and O–H groups in total. The monoisotopic (exact) mass is 384 g/mol. The van der Waals surface area contributed by atoms with Gasteiger partial charge in [0.05, 0.1) is 12.8 Å². The Balaban J connectivity index is 2.37. The van der Waals surface area contributed by atoms with Gasteiger partial charge in [-0.25, -0.2) is 0 Å². The molecule has 2 aromatic carbocycles. The van der Waals surface area contributed by atoms with E-state index in [4.69, 9.17) is 20.9 Å². The maximum absolute atomic E-state index is 11.3. The molecule has 0 heterocycles. The van der Waals surface area contributed by atoms with Crippen LogP contribution in [0.2, 0.25) is 0 Å². The molecule has 0 fully saturated rings. The van der Waals surface area contributed by atoms with Gasteiger partial charge in [0.2, 0.25) is 5.91 Å². The summed E-state index contributed by atoms with van der Waals surface area (Å²) in [5.74, 6) is 0.880. The van der Waals surface area contributed by atoms with Gasteiger partial charge in [0, 0.05) is 15.2 Å². The second kappa shape index (κ2) is 6.00. The molecule has 0 aromatic heterocycles. The fraction of sp³-hybridized carbons (Fsp3) is 0.0714. The summed E-state index contributed by atoms with van der Waals surface area (Å²) in [6, 6.07) is 10.2. The van der Waals surface area contributed by atoms with Gasteiger partial charge in [0.25, 0.3) is 0 Å². The Morgan fingerprint density at radius 3 is 2.45 bits per heavy atom. The van der Waals surface area contributed by atoms with Gasteiger partial charge in [-0.15, -0.1) is 0 Å². The first-order chi connectivity index (χ1) is 9.49. The zero-order valence-electron chi connectivity index (χ0n) is 10.7. The topological polar surface area (TPSA) is 87.6 Å². The number of amides is 1. The van der Waals surface area contributed by atoms with Crippen LogP contribution in [0.5, 0.6) is 17.2 Å². The number of primary amides is 1. The van der Waals surface area contributed by atoms with Crippen molar-refractivity contribution < 1.29 is 14.3 Å². The molecule has 0 unspecified atom stereocenters. The largest absolute Gasteiger partial charge is 0.497 e. The van der Waals surface area contributed by atoms with Gasteiger partial charge < -0.3 is 20.9 Å². The molecule has 6 heteroatoms. The number of anilines is 1. The third-order valence-corrected chi connectivity index (χ3v) is 3.27. The van der Waals surface area contributed by atoms with Crippen LogP contribution in [0.1, 0.15) is 10.4 Å². The van der Waals surface area contributed by atoms with Gasteiger partial charge in [-0.05, 0) is 52.9 Å². The molecule has 2 aromatic rings. The van der Waals surface area contributed by atoms with Crippen molar-refractivity contribution in [3.8, 4) is 17.2 Å². The number of ether oxygens (including phenoxy) is 2. The van der Waals surface area contributed by atoms with Crippen LogP contribution in [0.3, 0.4) is 0 Å². The molecule has 2 rings (SSSR count). The Kier molecular flexibility index (Phi) is 4.33. The van der Waals surface area contributed by atoms with Crippen molar-refractivity contribution in [2.75, 3.05) is 12.8 Å². The Bertz CT molecular complexity index is 659. The Labute approximate surface area is 130 Å². The SMILES string of the molecule is COc1cc(Oc2ccc(I)cc2N)cc(C(N)=O)c1. The van der Waals surface area contributed by atoms with Crippen LogP contribution in [0, 0.1) is 3.57 Å². The first-order valence-electron chi connectivity index (χ1n) is 5.71. The number of nitrogen functional groups attached to an aromatic ring is 1. The van der Waals surface area contributed by atoms with E-state index in [-0.39, 0.29) is 0 Å². The summed E-state index contributed by atoms with van der Waals surface area (Å²) < 4.78 is 11.8. The third-order valence-electron chi connectivity index (χ3n) is 2.60. The van der Waals surface area contributed by atoms with Gasteiger partial charge in [0.15, 0.2) is 0 Å². The molecular formula is C14H13IN2O3. The lowest BCUT2D eigenvalue weighted by molar-refractivity contribution is 0.0999. The number of rotatable bonds is 4. The number of carbonyl (C=O) groups excluding carboxylic acids is 1. The third kappa shape index (κ3) is 3.32. The molecule has 0 atom stereocenters. The Hall–Kier alpha value is -1.96. The number of halogens is 1. The Morgan fingerprint density at radius 2 is 1.85 bits per heavy atom. The minimum Gasteiger partial charge on any atom is -0.497 e. The first kappa shape index (κ1) is 14.4. The lowest BCUT2D eigenvalue weighted by Gasteiger charge is -2.11. The molecule has 0 aliphatic heterocycles. The van der Waals surface area contributed by atoms with Crippen LogP contribution in [0.15, 0.2) is 36.4 Å². The maximum Gasteiger partial charge on any atom is 0.248 e. The summed E-state index contributed by atoms with van der Waals surface area (Å²) in [6.07, 6.45) is 0. The van der Waals surface area contributed by atoms with E-state index in [0.29, 0.717) is 28.5 Å². The van der Waals surface area contributed by atoms with E-state index >= 15 is 0 Å². The zero-order chi connectivity index (χ0) is 14.7. The van der Waals surface area contributed by atoms with Gasteiger partial charge in [-0.2, -0.15) is 0 Å². The first-order valence-corrected chi connectivity index (χ1v) is 6.79. The standard InChI is InChI=1S/C14H13IN2O3/c1-19-10-4-8(14(17)18)5-11(7-10)20-13-3-2-9(15)6-12(13)16/h2-7H,16H2,1H3,(H2,17,18). The summed E-state index contributed by atoms with van der Waals surface area (Å²) in [7, 11) is 1.50. The minimum atomic E-state index is -0.552. The smallest absolute Gasteiger partial charge is 0.248 e. The lowest BCUT2D eigenvalue weighted by atomic mass is 10.2. The van der Waals surface area contributed by atoms with E-state index in [1.54, 1.807) is 30.3 Å². The highest BCUT2D eigenvalue weighted by Crippen LogP contribution is 2.31. The Morgan fingerprint density at radius 1 is 1.15 bits per heavy atom. The van der Waals surface area contributed by atoms with Crippen molar-refractivity contribution in [1.29, 1.82) is 0 Å². The molecule has 0 aliphatic carbocycles. The highest BCUT2D eigenvalue weighted by atomic mass is 127. The van der Waals surface area contributed by atoms with Gasteiger partial charge in [0.1, 0.15) is 17.2 Å². The minimum absolute atomic E-state index is 0.309. The molecule has 0 spiro atoms. The second-order valence-electron chi connectivity index (χ2n) is 4.05. The van der Waals surface area contributed by atoms with Crippen LogP contribution in [-0.2, 0) is 0 Å². The zero-order valence-corrected chi connectivity index (χ0v) is 12.9. The van der Waals surface area contributed by atoms with E-state index in [0.717, 1.165) is 3.57 Å². The van der Waals surface area contributed by atoms with Gasteiger partial charge in [-0.1, -0.05) is 0 Å². The fourth-order valence-corrected chi connectivity index (χ4v) is 2.15. The van der Waals surface area contributed by atoms with Crippen LogP contribution < -0.4 is 20.9 Å². The molecular weight excluding hydrogens is 371 g/mol. The number of carbonyl (C=O) groups is 1. The lowest BCUT2D eigenvalue weighted by Crippen LogP contribution is -2.11. The van der Waals surface area contributed by atoms with Gasteiger partial charge >= 0.3 is 0 Å². The van der Waals surface area contributed by atoms with Crippen molar-refractivity contribution in [3.63, 3.8) is 0 Å². The van der Waals surface area contributed by atoms with Crippen LogP contribution in [-0.4, -0.2) is 13.0 Å². The highest BCUT2D eigenvalue weighted by Gasteiger charge is 2.09. The van der Waals surface area contributed by atoms with Crippen LogP contribution in [0.4, 0.5) is 5.69 Å². The number of methoxy groups -OCH3 is 1. The molecule has 0 radical (unpaired) electrons. The van der Waals surface area contributed by atoms with E-state index in [2.05, 4.69) is 22.6 Å². The van der Waals surface area contributed by atoms with Crippen molar-refractivity contribution >= 4 is 34.2 Å². The molecule has 0 saturated carbocycles. The second-order valence-corrected chi connectivity index (χ2v) is 5.29. The highest BCUT2D eigenvalue weighted by molar-refractivity contribution is 14.1. The number of benzene rings is 2. The quantitative estimate of drug-likeness (QED) is 0.627. The molecule has 0 aliphatic rings. The summed E-state index contributed by atoms with van der Waals surface area (Å²) in [6.45, 7) is 0. The fourth-order valence-electron chi connectivity index (χ4n) is 1.63. The summed E-state index contributed by atoms with van der Waals surface area (Å²) in [5.41, 5.74) is 12.0. The van der Waals surface area contributed by atoms with Gasteiger partial charge in [-0.3, -0.25) is 4.79 Å². The summed E-state index contributed by atoms with van der Waals surface area (Å²) >= 11 is 2.16. The molecule has 1 amide bonds.